The lowest BCUT2D eigenvalue weighted by molar-refractivity contribution is -0.275. The Bertz CT molecular complexity index is 1300. The lowest BCUT2D eigenvalue weighted by Gasteiger charge is -2.74. The van der Waals surface area contributed by atoms with E-state index in [-0.39, 0.29) is 34.6 Å². The summed E-state index contributed by atoms with van der Waals surface area (Å²) in [6.07, 6.45) is 7.65. The van der Waals surface area contributed by atoms with Crippen LogP contribution in [0.5, 0.6) is 11.5 Å². The van der Waals surface area contributed by atoms with Gasteiger partial charge < -0.3 is 25.2 Å². The first kappa shape index (κ1) is 23.1. The number of carbonyl (C=O) groups is 1. The molecule has 38 heavy (non-hydrogen) atoms. The van der Waals surface area contributed by atoms with Crippen LogP contribution in [-0.2, 0) is 16.6 Å². The number of fused-ring (bicyclic) bond motifs is 2. The number of anilines is 1. The van der Waals surface area contributed by atoms with Crippen LogP contribution >= 0.6 is 0 Å². The number of nitrogens with one attached hydrogen (secondary N) is 2. The largest absolute Gasteiger partial charge is 0.504 e. The van der Waals surface area contributed by atoms with E-state index < -0.39 is 5.60 Å². The Morgan fingerprint density at radius 2 is 2.00 bits per heavy atom. The quantitative estimate of drug-likeness (QED) is 0.530. The molecule has 9 rings (SSSR count). The Morgan fingerprint density at radius 3 is 2.79 bits per heavy atom. The number of para-hydroxylation sites is 1. The molecule has 7 aliphatic rings. The summed E-state index contributed by atoms with van der Waals surface area (Å²) in [6.45, 7) is 2.82. The van der Waals surface area contributed by atoms with Crippen LogP contribution in [0, 0.1) is 17.3 Å². The molecule has 2 aromatic carbocycles. The van der Waals surface area contributed by atoms with E-state index in [0.29, 0.717) is 18.3 Å². The van der Waals surface area contributed by atoms with Crippen molar-refractivity contribution in [2.75, 3.05) is 32.1 Å². The van der Waals surface area contributed by atoms with E-state index >= 15 is 0 Å². The molecule has 0 radical (unpaired) electrons. The number of methoxy groups -OCH3 is 1. The fourth-order valence-electron chi connectivity index (χ4n) is 9.70. The summed E-state index contributed by atoms with van der Waals surface area (Å²) >= 11 is 0. The fraction of sp³-hybridized carbons (Fsp3) is 0.581. The van der Waals surface area contributed by atoms with Gasteiger partial charge in [-0.15, -0.1) is 0 Å². The maximum absolute atomic E-state index is 12.9. The smallest absolute Gasteiger partial charge is 0.319 e. The average molecular weight is 516 g/mol. The summed E-state index contributed by atoms with van der Waals surface area (Å²) in [7, 11) is 1.82. The van der Waals surface area contributed by atoms with Crippen LogP contribution in [0.3, 0.4) is 0 Å². The van der Waals surface area contributed by atoms with Crippen LogP contribution in [0.2, 0.25) is 0 Å². The second-order valence-corrected chi connectivity index (χ2v) is 12.7. The molecule has 2 amide bonds. The molecule has 1 saturated heterocycles. The number of urea groups is 1. The van der Waals surface area contributed by atoms with Crippen LogP contribution in [0.1, 0.15) is 49.7 Å². The third kappa shape index (κ3) is 2.84. The molecule has 3 N–H and O–H groups in total. The van der Waals surface area contributed by atoms with Gasteiger partial charge in [-0.2, -0.15) is 0 Å². The molecule has 200 valence electrons. The van der Waals surface area contributed by atoms with Crippen LogP contribution in [0.15, 0.2) is 42.5 Å². The number of rotatable bonds is 6. The normalized spacial score (nSPS) is 37.9. The van der Waals surface area contributed by atoms with Gasteiger partial charge in [-0.1, -0.05) is 24.3 Å². The number of nitrogens with zero attached hydrogens (tertiary/aromatic N) is 1. The maximum Gasteiger partial charge on any atom is 0.319 e. The SMILES string of the molecule is CO[C@]12CC[C@@]3(C[C@@H]1CNC(=O)Nc1ccccc1)[C@H]1Cc4ccc(O)c5c4[C@@]3(CCN1CC1CC1)[C@H]2O5. The Hall–Kier alpha value is -2.77. The molecule has 0 aromatic heterocycles. The zero-order valence-electron chi connectivity index (χ0n) is 22.0. The predicted octanol–water partition coefficient (Wildman–Crippen LogP) is 4.44. The van der Waals surface area contributed by atoms with Gasteiger partial charge in [0.15, 0.2) is 11.5 Å². The molecule has 6 atom stereocenters. The Balaban J connectivity index is 1.18. The van der Waals surface area contributed by atoms with Crippen molar-refractivity contribution < 1.29 is 19.4 Å². The second kappa shape index (κ2) is 7.89. The summed E-state index contributed by atoms with van der Waals surface area (Å²) in [5.41, 5.74) is 2.82. The van der Waals surface area contributed by atoms with Gasteiger partial charge >= 0.3 is 6.03 Å². The van der Waals surface area contributed by atoms with Crippen molar-refractivity contribution in [1.29, 1.82) is 0 Å². The van der Waals surface area contributed by atoms with Crippen molar-refractivity contribution in [1.82, 2.24) is 10.2 Å². The van der Waals surface area contributed by atoms with Gasteiger partial charge in [0.2, 0.25) is 0 Å². The van der Waals surface area contributed by atoms with Gasteiger partial charge in [0.25, 0.3) is 0 Å². The number of likely N-dealkylation sites (tertiary alicyclic amines) is 1. The zero-order chi connectivity index (χ0) is 25.7. The predicted molar refractivity (Wildman–Crippen MR) is 144 cm³/mol. The second-order valence-electron chi connectivity index (χ2n) is 12.7. The number of phenols is 1. The lowest BCUT2D eigenvalue weighted by Crippen LogP contribution is -2.81. The summed E-state index contributed by atoms with van der Waals surface area (Å²) in [5, 5.41) is 17.1. The summed E-state index contributed by atoms with van der Waals surface area (Å²) in [6, 6.07) is 13.8. The maximum atomic E-state index is 12.9. The molecule has 2 aromatic rings. The number of ether oxygens (including phenoxy) is 2. The van der Waals surface area contributed by atoms with Crippen molar-refractivity contribution >= 4 is 11.7 Å². The number of aromatic hydroxyl groups is 1. The van der Waals surface area contributed by atoms with Crippen LogP contribution in [-0.4, -0.2) is 60.5 Å². The molecule has 5 fully saturated rings. The average Bonchev–Trinajstić information content (AvgIpc) is 3.67. The van der Waals surface area contributed by atoms with E-state index in [2.05, 4.69) is 21.6 Å². The van der Waals surface area contributed by atoms with E-state index in [1.54, 1.807) is 0 Å². The zero-order valence-corrected chi connectivity index (χ0v) is 22.0. The Kier molecular flexibility index (Phi) is 4.80. The van der Waals surface area contributed by atoms with E-state index in [1.165, 1.54) is 30.5 Å². The Morgan fingerprint density at radius 1 is 1.16 bits per heavy atom. The van der Waals surface area contributed by atoms with Gasteiger partial charge in [0.1, 0.15) is 11.7 Å². The number of phenolic OH excluding ortho intramolecular Hbond substituents is 1. The minimum Gasteiger partial charge on any atom is -0.504 e. The molecular weight excluding hydrogens is 478 g/mol. The van der Waals surface area contributed by atoms with E-state index in [9.17, 15) is 9.90 Å². The van der Waals surface area contributed by atoms with E-state index in [1.807, 2.05) is 43.5 Å². The molecule has 7 heteroatoms. The topological polar surface area (TPSA) is 83.1 Å². The molecule has 2 spiro atoms. The van der Waals surface area contributed by atoms with Crippen molar-refractivity contribution in [3.8, 4) is 11.5 Å². The molecule has 2 heterocycles. The first-order chi connectivity index (χ1) is 18.5. The van der Waals surface area contributed by atoms with Crippen LogP contribution in [0.25, 0.3) is 0 Å². The van der Waals surface area contributed by atoms with Gasteiger partial charge in [-0.25, -0.2) is 4.79 Å². The number of hydrogen-bond acceptors (Lipinski definition) is 5. The van der Waals surface area contributed by atoms with E-state index in [0.717, 1.165) is 50.3 Å². The lowest BCUT2D eigenvalue weighted by atomic mass is 9.35. The Labute approximate surface area is 223 Å². The first-order valence-electron chi connectivity index (χ1n) is 14.4. The summed E-state index contributed by atoms with van der Waals surface area (Å²) < 4.78 is 13.4. The molecule has 2 aliphatic heterocycles. The molecule has 5 aliphatic carbocycles. The third-order valence-corrected chi connectivity index (χ3v) is 11.3. The molecule has 7 nitrogen and oxygen atoms in total. The number of piperidine rings is 1. The number of hydrogen-bond donors (Lipinski definition) is 3. The molecule has 4 bridgehead atoms. The van der Waals surface area contributed by atoms with Crippen molar-refractivity contribution in [3.05, 3.63) is 53.6 Å². The monoisotopic (exact) mass is 515 g/mol. The minimum absolute atomic E-state index is 0.0549. The highest BCUT2D eigenvalue weighted by Gasteiger charge is 2.80. The third-order valence-electron chi connectivity index (χ3n) is 11.3. The van der Waals surface area contributed by atoms with Gasteiger partial charge in [-0.05, 0) is 81.2 Å². The van der Waals surface area contributed by atoms with Crippen molar-refractivity contribution in [3.63, 3.8) is 0 Å². The number of benzene rings is 2. The van der Waals surface area contributed by atoms with Gasteiger partial charge in [0, 0.05) is 54.2 Å². The molecular formula is C31H37N3O4. The number of carbonyl (C=O) groups excluding carboxylic acids is 1. The van der Waals surface area contributed by atoms with Crippen molar-refractivity contribution in [2.45, 2.75) is 68.1 Å². The minimum atomic E-state index is -0.509. The van der Waals surface area contributed by atoms with Gasteiger partial charge in [0.05, 0.1) is 0 Å². The highest BCUT2D eigenvalue weighted by atomic mass is 16.6. The summed E-state index contributed by atoms with van der Waals surface area (Å²) in [4.78, 5) is 15.7. The highest BCUT2D eigenvalue weighted by molar-refractivity contribution is 5.89. The summed E-state index contributed by atoms with van der Waals surface area (Å²) in [5.74, 6) is 1.92. The van der Waals surface area contributed by atoms with Crippen LogP contribution in [0.4, 0.5) is 10.5 Å². The number of amides is 2. The molecule has 0 unspecified atom stereocenters. The standard InChI is InChI=1S/C31H37N3O4/c1-37-31-12-11-29(16-21(31)17-32-28(36)33-22-5-3-2-4-6-22)24-15-20-9-10-23(35)26-25(20)30(29,27(31)38-26)13-14-34(24)18-19-7-8-19/h2-6,9-10,19,21,24,27,35H,7-8,11-18H2,1H3,(H2,32,33,36)/t21-,24-,27-,29-,30+,31-/m1/s1. The van der Waals surface area contributed by atoms with Crippen molar-refractivity contribution in [2.24, 2.45) is 17.3 Å². The first-order valence-corrected chi connectivity index (χ1v) is 14.4. The van der Waals surface area contributed by atoms with E-state index in [4.69, 9.17) is 9.47 Å². The fourth-order valence-corrected chi connectivity index (χ4v) is 9.70. The highest BCUT2D eigenvalue weighted by Crippen LogP contribution is 2.76. The molecule has 4 saturated carbocycles. The van der Waals surface area contributed by atoms with Crippen LogP contribution < -0.4 is 15.4 Å². The van der Waals surface area contributed by atoms with Gasteiger partial charge in [-0.3, -0.25) is 4.90 Å².